The Bertz CT molecular complexity index is 1250. The van der Waals surface area contributed by atoms with Crippen molar-refractivity contribution in [1.29, 1.82) is 0 Å². The van der Waals surface area contributed by atoms with Crippen molar-refractivity contribution >= 4 is 40.7 Å². The summed E-state index contributed by atoms with van der Waals surface area (Å²) in [5.41, 5.74) is 14.3. The number of carbonyl (C=O) groups excluding carboxylic acids is 1. The lowest BCUT2D eigenvalue weighted by molar-refractivity contribution is -0.140. The van der Waals surface area contributed by atoms with Gasteiger partial charge in [0, 0.05) is 30.6 Å². The topological polar surface area (TPSA) is 198 Å². The van der Waals surface area contributed by atoms with Gasteiger partial charge in [-0.1, -0.05) is 12.1 Å². The molecule has 1 amide bonds. The number of amides is 1. The van der Waals surface area contributed by atoms with E-state index in [1.165, 1.54) is 0 Å². The third-order valence-electron chi connectivity index (χ3n) is 5.70. The lowest BCUT2D eigenvalue weighted by Crippen LogP contribution is -2.41. The zero-order valence-corrected chi connectivity index (χ0v) is 18.2. The monoisotopic (exact) mass is 468 g/mol. The Morgan fingerprint density at radius 3 is 2.56 bits per heavy atom. The average Bonchev–Trinajstić information content (AvgIpc) is 3.14. The van der Waals surface area contributed by atoms with E-state index < -0.39 is 23.9 Å². The van der Waals surface area contributed by atoms with Crippen LogP contribution in [0.1, 0.15) is 40.1 Å². The molecule has 7 N–H and O–H groups in total. The first kappa shape index (κ1) is 23.0. The number of aromatic nitrogens is 2. The van der Waals surface area contributed by atoms with Gasteiger partial charge in [0.15, 0.2) is 0 Å². The van der Waals surface area contributed by atoms with E-state index in [0.29, 0.717) is 36.4 Å². The zero-order valence-electron chi connectivity index (χ0n) is 18.2. The van der Waals surface area contributed by atoms with Crippen molar-refractivity contribution in [2.45, 2.75) is 38.4 Å². The number of hydrogen-bond donors (Lipinski definition) is 5. The molecule has 0 fully saturated rings. The maximum atomic E-state index is 12.4. The minimum absolute atomic E-state index is 0.0636. The number of benzene rings is 1. The van der Waals surface area contributed by atoms with E-state index in [-0.39, 0.29) is 24.4 Å². The van der Waals surface area contributed by atoms with Crippen LogP contribution in [0.3, 0.4) is 0 Å². The van der Waals surface area contributed by atoms with Gasteiger partial charge in [-0.3, -0.25) is 14.5 Å². The summed E-state index contributed by atoms with van der Waals surface area (Å²) in [5.74, 6) is -1.84. The number of nitrogens with one attached hydrogen (secondary N) is 1. The van der Waals surface area contributed by atoms with Crippen LogP contribution in [-0.4, -0.2) is 55.5 Å². The molecule has 0 saturated heterocycles. The second-order valence-corrected chi connectivity index (χ2v) is 8.11. The first-order valence-electron chi connectivity index (χ1n) is 10.6. The van der Waals surface area contributed by atoms with E-state index in [1.54, 1.807) is 24.3 Å². The Labute approximate surface area is 193 Å². The number of rotatable bonds is 8. The number of fused-ring (bicyclic) bond motifs is 3. The number of furan rings is 1. The molecule has 1 aliphatic heterocycles. The molecule has 1 aromatic carbocycles. The number of carboxylic acid groups (broad SMARTS) is 2. The smallest absolute Gasteiger partial charge is 0.326 e. The molecule has 0 saturated carbocycles. The number of nitrogens with zero attached hydrogens (tertiary/aromatic N) is 3. The lowest BCUT2D eigenvalue weighted by Gasteiger charge is -2.26. The highest BCUT2D eigenvalue weighted by Gasteiger charge is 2.26. The van der Waals surface area contributed by atoms with Crippen molar-refractivity contribution in [2.75, 3.05) is 18.0 Å². The van der Waals surface area contributed by atoms with E-state index in [0.717, 1.165) is 23.4 Å². The first-order chi connectivity index (χ1) is 16.2. The lowest BCUT2D eigenvalue weighted by atomic mass is 10.0. The van der Waals surface area contributed by atoms with E-state index in [1.807, 2.05) is 0 Å². The summed E-state index contributed by atoms with van der Waals surface area (Å²) in [7, 11) is 0. The first-order valence-corrected chi connectivity index (χ1v) is 10.6. The normalized spacial score (nSPS) is 14.5. The van der Waals surface area contributed by atoms with Crippen LogP contribution in [-0.2, 0) is 29.1 Å². The molecule has 34 heavy (non-hydrogen) atoms. The summed E-state index contributed by atoms with van der Waals surface area (Å²) in [6.45, 7) is 1.92. The van der Waals surface area contributed by atoms with Gasteiger partial charge in [-0.25, -0.2) is 4.79 Å². The number of anilines is 2. The minimum atomic E-state index is -1.28. The fourth-order valence-electron chi connectivity index (χ4n) is 4.01. The van der Waals surface area contributed by atoms with Crippen LogP contribution in [0, 0.1) is 0 Å². The largest absolute Gasteiger partial charge is 0.481 e. The molecule has 1 aliphatic rings. The molecule has 4 rings (SSSR count). The maximum Gasteiger partial charge on any atom is 0.326 e. The molecule has 0 radical (unpaired) electrons. The average molecular weight is 468 g/mol. The van der Waals surface area contributed by atoms with Crippen molar-refractivity contribution in [3.8, 4) is 0 Å². The molecular formula is C22H24N6O6. The number of nitrogens with two attached hydrogens (primary N) is 2. The van der Waals surface area contributed by atoms with Gasteiger partial charge in [-0.05, 0) is 30.5 Å². The van der Waals surface area contributed by atoms with Gasteiger partial charge in [0.05, 0.1) is 11.9 Å². The molecule has 12 heteroatoms. The molecule has 12 nitrogen and oxygen atoms in total. The number of nitrogen functional groups attached to an aromatic ring is 2. The Hall–Kier alpha value is -4.19. The summed E-state index contributed by atoms with van der Waals surface area (Å²) in [5, 5.41) is 21.0. The van der Waals surface area contributed by atoms with Gasteiger partial charge >= 0.3 is 11.9 Å². The third kappa shape index (κ3) is 4.91. The zero-order chi connectivity index (χ0) is 24.4. The van der Waals surface area contributed by atoms with Gasteiger partial charge in [-0.15, -0.1) is 0 Å². The molecule has 1 unspecified atom stereocenters. The minimum Gasteiger partial charge on any atom is -0.481 e. The molecular weight excluding hydrogens is 444 g/mol. The number of carboxylic acids is 2. The highest BCUT2D eigenvalue weighted by molar-refractivity contribution is 5.96. The van der Waals surface area contributed by atoms with Crippen LogP contribution in [0.15, 0.2) is 28.7 Å². The fraction of sp³-hybridized carbons (Fsp3) is 0.318. The summed E-state index contributed by atoms with van der Waals surface area (Å²) < 4.78 is 5.87. The molecule has 3 heterocycles. The van der Waals surface area contributed by atoms with Crippen molar-refractivity contribution in [2.24, 2.45) is 0 Å². The van der Waals surface area contributed by atoms with Crippen LogP contribution in [0.5, 0.6) is 0 Å². The number of aliphatic carboxylic acids is 2. The predicted octanol–water partition coefficient (Wildman–Crippen LogP) is 0.993. The second-order valence-electron chi connectivity index (χ2n) is 8.11. The van der Waals surface area contributed by atoms with Gasteiger partial charge in [0.1, 0.15) is 17.6 Å². The van der Waals surface area contributed by atoms with E-state index in [2.05, 4.69) is 20.2 Å². The predicted molar refractivity (Wildman–Crippen MR) is 121 cm³/mol. The molecule has 0 bridgehead atoms. The van der Waals surface area contributed by atoms with Crippen molar-refractivity contribution in [1.82, 2.24) is 20.2 Å². The van der Waals surface area contributed by atoms with Gasteiger partial charge in [-0.2, -0.15) is 9.97 Å². The van der Waals surface area contributed by atoms with E-state index >= 15 is 0 Å². The standard InChI is InChI=1S/C22H24N6O6/c23-18-17-13-7-8-28(10-15(13)34-20(17)27-22(24)26-18)9-11-1-3-12(4-2-11)19(31)25-14(21(32)33)5-6-16(29)30/h1-4,14H,5-10H2,(H,25,31)(H,29,30)(H,32,33)(H4,23,24,26,27). The van der Waals surface area contributed by atoms with Crippen LogP contribution in [0.2, 0.25) is 0 Å². The SMILES string of the molecule is Nc1nc(N)c2c3c(oc2n1)CN(Cc1ccc(C(=O)NC(CCC(=O)O)C(=O)O)cc1)CC3. The Kier molecular flexibility index (Phi) is 6.32. The van der Waals surface area contributed by atoms with Gasteiger partial charge in [0.25, 0.3) is 5.91 Å². The molecule has 178 valence electrons. The quantitative estimate of drug-likeness (QED) is 0.316. The summed E-state index contributed by atoms with van der Waals surface area (Å²) in [6, 6.07) is 5.52. The van der Waals surface area contributed by atoms with Crippen LogP contribution < -0.4 is 16.8 Å². The molecule has 3 aromatic rings. The van der Waals surface area contributed by atoms with Crippen molar-refractivity contribution < 1.29 is 29.0 Å². The summed E-state index contributed by atoms with van der Waals surface area (Å²) >= 11 is 0. The van der Waals surface area contributed by atoms with Crippen LogP contribution >= 0.6 is 0 Å². The fourth-order valence-corrected chi connectivity index (χ4v) is 4.01. The highest BCUT2D eigenvalue weighted by atomic mass is 16.4. The Morgan fingerprint density at radius 2 is 1.88 bits per heavy atom. The van der Waals surface area contributed by atoms with Crippen molar-refractivity contribution in [3.63, 3.8) is 0 Å². The van der Waals surface area contributed by atoms with Crippen LogP contribution in [0.25, 0.3) is 11.1 Å². The molecule has 1 atom stereocenters. The van der Waals surface area contributed by atoms with E-state index in [9.17, 15) is 19.5 Å². The van der Waals surface area contributed by atoms with Crippen molar-refractivity contribution in [3.05, 3.63) is 46.7 Å². The number of hydrogen-bond acceptors (Lipinski definition) is 9. The molecule has 0 spiro atoms. The number of carbonyl (C=O) groups is 3. The van der Waals surface area contributed by atoms with E-state index in [4.69, 9.17) is 21.0 Å². The molecule has 0 aliphatic carbocycles. The third-order valence-corrected chi connectivity index (χ3v) is 5.70. The Morgan fingerprint density at radius 1 is 1.15 bits per heavy atom. The second kappa shape index (κ2) is 9.35. The molecule has 2 aromatic heterocycles. The Balaban J connectivity index is 1.39. The summed E-state index contributed by atoms with van der Waals surface area (Å²) in [6.07, 6.45) is 0.162. The van der Waals surface area contributed by atoms with Gasteiger partial charge < -0.3 is 31.4 Å². The summed E-state index contributed by atoms with van der Waals surface area (Å²) in [4.78, 5) is 44.7. The van der Waals surface area contributed by atoms with Crippen LogP contribution in [0.4, 0.5) is 11.8 Å². The highest BCUT2D eigenvalue weighted by Crippen LogP contribution is 2.33. The maximum absolute atomic E-state index is 12.4. The van der Waals surface area contributed by atoms with Gasteiger partial charge in [0.2, 0.25) is 11.7 Å².